The van der Waals surface area contributed by atoms with Crippen molar-refractivity contribution < 1.29 is 19.0 Å². The summed E-state index contributed by atoms with van der Waals surface area (Å²) in [5.41, 5.74) is 1.02. The van der Waals surface area contributed by atoms with Crippen LogP contribution in [0.4, 0.5) is 5.69 Å². The van der Waals surface area contributed by atoms with E-state index in [1.165, 1.54) is 33.1 Å². The van der Waals surface area contributed by atoms with Crippen molar-refractivity contribution in [3.05, 3.63) is 46.7 Å². The van der Waals surface area contributed by atoms with Crippen molar-refractivity contribution in [2.24, 2.45) is 7.05 Å². The van der Waals surface area contributed by atoms with Crippen LogP contribution in [0.15, 0.2) is 51.2 Å². The van der Waals surface area contributed by atoms with E-state index in [9.17, 15) is 4.79 Å². The Kier molecular flexibility index (Phi) is 6.65. The molecule has 0 saturated heterocycles. The molecule has 0 aliphatic heterocycles. The quantitative estimate of drug-likeness (QED) is 0.548. The van der Waals surface area contributed by atoms with Crippen LogP contribution in [-0.2, 0) is 7.05 Å². The molecule has 0 spiro atoms. The number of halogens is 1. The predicted octanol–water partition coefficient (Wildman–Crippen LogP) is 4.01. The number of hydrogen-bond acceptors (Lipinski definition) is 7. The molecule has 1 heterocycles. The highest BCUT2D eigenvalue weighted by Crippen LogP contribution is 2.39. The van der Waals surface area contributed by atoms with Gasteiger partial charge < -0.3 is 19.5 Å². The summed E-state index contributed by atoms with van der Waals surface area (Å²) >= 11 is 4.66. The molecule has 152 valence electrons. The third kappa shape index (κ3) is 4.65. The van der Waals surface area contributed by atoms with Crippen molar-refractivity contribution in [3.63, 3.8) is 0 Å². The molecule has 1 aromatic heterocycles. The molecule has 0 atom stereocenters. The topological polar surface area (TPSA) is 87.5 Å². The number of nitrogens with zero attached hydrogens (tertiary/aromatic N) is 3. The van der Waals surface area contributed by atoms with Gasteiger partial charge in [0.25, 0.3) is 5.91 Å². The number of anilines is 1. The fourth-order valence-electron chi connectivity index (χ4n) is 2.59. The van der Waals surface area contributed by atoms with Gasteiger partial charge in [0, 0.05) is 17.5 Å². The minimum atomic E-state index is -0.309. The predicted molar refractivity (Wildman–Crippen MR) is 113 cm³/mol. The van der Waals surface area contributed by atoms with Crippen molar-refractivity contribution >= 4 is 39.3 Å². The van der Waals surface area contributed by atoms with E-state index in [0.717, 1.165) is 4.90 Å². The second-order valence-electron chi connectivity index (χ2n) is 5.75. The zero-order valence-electron chi connectivity index (χ0n) is 16.2. The standard InChI is InChI=1S/C19H19BrN4O4S/c1-24-19(22-18(20)23-24)29-15-8-6-5-7-12(15)21-17(25)11-9-13(26-2)16(28-4)14(10-11)27-3/h5-10H,1-4H3,(H,21,25). The van der Waals surface area contributed by atoms with Gasteiger partial charge in [-0.05, 0) is 52.0 Å². The van der Waals surface area contributed by atoms with Gasteiger partial charge in [0.2, 0.25) is 10.5 Å². The molecular weight excluding hydrogens is 460 g/mol. The SMILES string of the molecule is COc1cc(C(=O)Nc2ccccc2Sc2nc(Br)nn2C)cc(OC)c1OC. The van der Waals surface area contributed by atoms with Crippen LogP contribution < -0.4 is 19.5 Å². The summed E-state index contributed by atoms with van der Waals surface area (Å²) in [4.78, 5) is 18.1. The molecule has 8 nitrogen and oxygen atoms in total. The van der Waals surface area contributed by atoms with Gasteiger partial charge in [-0.2, -0.15) is 4.98 Å². The Labute approximate surface area is 180 Å². The summed E-state index contributed by atoms with van der Waals surface area (Å²) in [7, 11) is 6.32. The van der Waals surface area contributed by atoms with E-state index in [2.05, 4.69) is 31.3 Å². The molecule has 3 aromatic rings. The number of hydrogen-bond donors (Lipinski definition) is 1. The van der Waals surface area contributed by atoms with E-state index in [-0.39, 0.29) is 5.91 Å². The largest absolute Gasteiger partial charge is 0.493 e. The summed E-state index contributed by atoms with van der Waals surface area (Å²) in [6, 6.07) is 10.7. The van der Waals surface area contributed by atoms with Gasteiger partial charge >= 0.3 is 0 Å². The summed E-state index contributed by atoms with van der Waals surface area (Å²) in [5, 5.41) is 7.79. The van der Waals surface area contributed by atoms with Crippen LogP contribution in [0, 0.1) is 0 Å². The van der Waals surface area contributed by atoms with E-state index >= 15 is 0 Å². The molecule has 0 aliphatic rings. The van der Waals surface area contributed by atoms with Gasteiger partial charge in [0.15, 0.2) is 16.7 Å². The highest BCUT2D eigenvalue weighted by molar-refractivity contribution is 9.10. The van der Waals surface area contributed by atoms with Crippen molar-refractivity contribution in [1.29, 1.82) is 0 Å². The number of aromatic nitrogens is 3. The molecule has 0 radical (unpaired) electrons. The normalized spacial score (nSPS) is 10.5. The third-order valence-electron chi connectivity index (χ3n) is 3.96. The fourth-order valence-corrected chi connectivity index (χ4v) is 3.99. The number of carbonyl (C=O) groups is 1. The molecule has 0 unspecified atom stereocenters. The first-order chi connectivity index (χ1) is 14.0. The zero-order chi connectivity index (χ0) is 21.0. The summed E-state index contributed by atoms with van der Waals surface area (Å²) < 4.78 is 18.1. The number of amides is 1. The molecule has 10 heteroatoms. The monoisotopic (exact) mass is 478 g/mol. The second kappa shape index (κ2) is 9.19. The van der Waals surface area contributed by atoms with E-state index in [1.807, 2.05) is 24.3 Å². The summed E-state index contributed by atoms with van der Waals surface area (Å²) in [5.74, 6) is 0.930. The van der Waals surface area contributed by atoms with Gasteiger partial charge in [-0.25, -0.2) is 4.68 Å². The highest BCUT2D eigenvalue weighted by atomic mass is 79.9. The highest BCUT2D eigenvalue weighted by Gasteiger charge is 2.18. The molecule has 3 rings (SSSR count). The van der Waals surface area contributed by atoms with Gasteiger partial charge in [0.05, 0.1) is 27.0 Å². The first kappa shape index (κ1) is 21.0. The lowest BCUT2D eigenvalue weighted by Gasteiger charge is -2.15. The van der Waals surface area contributed by atoms with Crippen molar-refractivity contribution in [3.8, 4) is 17.2 Å². The smallest absolute Gasteiger partial charge is 0.255 e. The number of aryl methyl sites for hydroxylation is 1. The van der Waals surface area contributed by atoms with E-state index in [4.69, 9.17) is 14.2 Å². The van der Waals surface area contributed by atoms with Crippen LogP contribution in [0.3, 0.4) is 0 Å². The number of nitrogens with one attached hydrogen (secondary N) is 1. The zero-order valence-corrected chi connectivity index (χ0v) is 18.6. The van der Waals surface area contributed by atoms with Crippen LogP contribution in [0.5, 0.6) is 17.2 Å². The average Bonchev–Trinajstić information content (AvgIpc) is 3.04. The van der Waals surface area contributed by atoms with Crippen molar-refractivity contribution in [2.45, 2.75) is 10.1 Å². The Morgan fingerprint density at radius 3 is 2.31 bits per heavy atom. The second-order valence-corrected chi connectivity index (χ2v) is 7.47. The van der Waals surface area contributed by atoms with Gasteiger partial charge in [0.1, 0.15) is 0 Å². The average molecular weight is 479 g/mol. The minimum Gasteiger partial charge on any atom is -0.493 e. The Morgan fingerprint density at radius 2 is 1.76 bits per heavy atom. The molecule has 2 aromatic carbocycles. The first-order valence-electron chi connectivity index (χ1n) is 8.41. The Bertz CT molecular complexity index is 1020. The molecule has 1 amide bonds. The number of carbonyl (C=O) groups excluding carboxylic acids is 1. The van der Waals surface area contributed by atoms with Crippen molar-refractivity contribution in [2.75, 3.05) is 26.6 Å². The number of ether oxygens (including phenoxy) is 3. The third-order valence-corrected chi connectivity index (χ3v) is 5.41. The Balaban J connectivity index is 1.89. The molecule has 0 saturated carbocycles. The molecule has 0 aliphatic carbocycles. The lowest BCUT2D eigenvalue weighted by atomic mass is 10.1. The Morgan fingerprint density at radius 1 is 1.10 bits per heavy atom. The maximum Gasteiger partial charge on any atom is 0.255 e. The first-order valence-corrected chi connectivity index (χ1v) is 10.0. The lowest BCUT2D eigenvalue weighted by molar-refractivity contribution is 0.102. The van der Waals surface area contributed by atoms with Crippen LogP contribution in [0.1, 0.15) is 10.4 Å². The van der Waals surface area contributed by atoms with Gasteiger partial charge in [-0.3, -0.25) is 4.79 Å². The summed E-state index contributed by atoms with van der Waals surface area (Å²) in [6.45, 7) is 0. The fraction of sp³-hybridized carbons (Fsp3) is 0.211. The van der Waals surface area contributed by atoms with Crippen LogP contribution in [0.25, 0.3) is 0 Å². The number of para-hydroxylation sites is 1. The van der Waals surface area contributed by atoms with Crippen LogP contribution in [-0.4, -0.2) is 42.0 Å². The van der Waals surface area contributed by atoms with Crippen LogP contribution >= 0.6 is 27.7 Å². The van der Waals surface area contributed by atoms with Gasteiger partial charge in [-0.15, -0.1) is 5.10 Å². The summed E-state index contributed by atoms with van der Waals surface area (Å²) in [6.07, 6.45) is 0. The van der Waals surface area contributed by atoms with Crippen LogP contribution in [0.2, 0.25) is 0 Å². The number of rotatable bonds is 7. The molecule has 1 N–H and O–H groups in total. The Hall–Kier alpha value is -2.72. The molecular formula is C19H19BrN4O4S. The molecule has 0 fully saturated rings. The van der Waals surface area contributed by atoms with E-state index < -0.39 is 0 Å². The molecule has 29 heavy (non-hydrogen) atoms. The van der Waals surface area contributed by atoms with E-state index in [0.29, 0.717) is 38.4 Å². The minimum absolute atomic E-state index is 0.309. The van der Waals surface area contributed by atoms with Gasteiger partial charge in [-0.1, -0.05) is 12.1 Å². The van der Waals surface area contributed by atoms with E-state index in [1.54, 1.807) is 23.9 Å². The number of benzene rings is 2. The maximum absolute atomic E-state index is 12.9. The lowest BCUT2D eigenvalue weighted by Crippen LogP contribution is -2.13. The maximum atomic E-state index is 12.9. The number of methoxy groups -OCH3 is 3. The van der Waals surface area contributed by atoms with Crippen molar-refractivity contribution in [1.82, 2.24) is 14.8 Å². The molecule has 0 bridgehead atoms.